The third-order valence-electron chi connectivity index (χ3n) is 7.60. The molecule has 0 aromatic heterocycles. The molecule has 2 aromatic rings. The maximum absolute atomic E-state index is 13.0. The number of carbonyl (C=O) groups excluding carboxylic acids is 4. The molecule has 3 heterocycles. The number of nitrogens with one attached hydrogen (secondary N) is 1. The van der Waals surface area contributed by atoms with Crippen LogP contribution in [0.2, 0.25) is 0 Å². The molecule has 200 valence electrons. The molecular weight excluding hydrogens is 482 g/mol. The summed E-state index contributed by atoms with van der Waals surface area (Å²) < 4.78 is 5.50. The minimum atomic E-state index is -0.605. The van der Waals surface area contributed by atoms with Crippen LogP contribution in [0.15, 0.2) is 42.5 Å². The summed E-state index contributed by atoms with van der Waals surface area (Å²) >= 11 is 0. The van der Waals surface area contributed by atoms with Crippen molar-refractivity contribution in [2.75, 3.05) is 13.1 Å². The van der Waals surface area contributed by atoms with Crippen LogP contribution in [0.4, 0.5) is 4.79 Å². The number of fused-ring (bicyclic) bond motifs is 1. The summed E-state index contributed by atoms with van der Waals surface area (Å²) in [7, 11) is 0. The topological polar surface area (TPSA) is 96.0 Å². The first-order valence-electron chi connectivity index (χ1n) is 13.4. The van der Waals surface area contributed by atoms with Crippen molar-refractivity contribution in [3.63, 3.8) is 0 Å². The van der Waals surface area contributed by atoms with Crippen LogP contribution < -0.4 is 5.32 Å². The Balaban J connectivity index is 1.19. The standard InChI is InChI=1S/C30H35N3O5/c1-30(2,3)38-29(37)32-14-12-20(13-15-32)16-19-4-6-21(7-5-19)22-8-9-24-23(17-22)18-33(28(24)36)25-10-11-26(34)31-27(25)35/h4-9,17,20,25H,10-16,18H2,1-3H3,(H,31,34,35). The molecule has 0 saturated carbocycles. The zero-order chi connectivity index (χ0) is 27.0. The van der Waals surface area contributed by atoms with Gasteiger partial charge in [0.15, 0.2) is 0 Å². The van der Waals surface area contributed by atoms with Crippen molar-refractivity contribution in [1.82, 2.24) is 15.1 Å². The zero-order valence-corrected chi connectivity index (χ0v) is 22.3. The minimum Gasteiger partial charge on any atom is -0.444 e. The summed E-state index contributed by atoms with van der Waals surface area (Å²) in [5.74, 6) is -0.306. The van der Waals surface area contributed by atoms with Crippen LogP contribution >= 0.6 is 0 Å². The van der Waals surface area contributed by atoms with Crippen molar-refractivity contribution in [2.45, 2.75) is 71.1 Å². The number of hydrogen-bond acceptors (Lipinski definition) is 5. The van der Waals surface area contributed by atoms with E-state index in [9.17, 15) is 19.2 Å². The van der Waals surface area contributed by atoms with Gasteiger partial charge >= 0.3 is 6.09 Å². The highest BCUT2D eigenvalue weighted by Crippen LogP contribution is 2.32. The van der Waals surface area contributed by atoms with Gasteiger partial charge in [-0.2, -0.15) is 0 Å². The number of likely N-dealkylation sites (tertiary alicyclic amines) is 1. The van der Waals surface area contributed by atoms with Crippen molar-refractivity contribution in [3.8, 4) is 11.1 Å². The van der Waals surface area contributed by atoms with Crippen LogP contribution in [0.1, 0.15) is 67.9 Å². The number of ether oxygens (including phenoxy) is 1. The maximum atomic E-state index is 13.0. The fraction of sp³-hybridized carbons (Fsp3) is 0.467. The van der Waals surface area contributed by atoms with Crippen molar-refractivity contribution >= 4 is 23.8 Å². The molecule has 0 spiro atoms. The van der Waals surface area contributed by atoms with Gasteiger partial charge in [-0.3, -0.25) is 19.7 Å². The van der Waals surface area contributed by atoms with E-state index in [0.29, 0.717) is 24.4 Å². The molecule has 0 radical (unpaired) electrons. The number of nitrogens with zero attached hydrogens (tertiary/aromatic N) is 2. The molecule has 2 saturated heterocycles. The molecule has 1 atom stereocenters. The van der Waals surface area contributed by atoms with E-state index in [2.05, 4.69) is 29.6 Å². The van der Waals surface area contributed by atoms with Gasteiger partial charge in [-0.25, -0.2) is 4.79 Å². The Morgan fingerprint density at radius 3 is 2.32 bits per heavy atom. The van der Waals surface area contributed by atoms with Gasteiger partial charge in [-0.1, -0.05) is 30.3 Å². The summed E-state index contributed by atoms with van der Waals surface area (Å²) in [4.78, 5) is 52.5. The minimum absolute atomic E-state index is 0.158. The molecule has 4 amide bonds. The highest BCUT2D eigenvalue weighted by molar-refractivity contribution is 6.05. The van der Waals surface area contributed by atoms with Crippen LogP contribution in [0, 0.1) is 5.92 Å². The number of benzene rings is 2. The van der Waals surface area contributed by atoms with Crippen molar-refractivity contribution < 1.29 is 23.9 Å². The first-order valence-corrected chi connectivity index (χ1v) is 13.4. The highest BCUT2D eigenvalue weighted by atomic mass is 16.6. The van der Waals surface area contributed by atoms with Gasteiger partial charge in [0, 0.05) is 31.6 Å². The number of amides is 4. The first-order chi connectivity index (χ1) is 18.1. The van der Waals surface area contributed by atoms with Crippen LogP contribution in [0.5, 0.6) is 0 Å². The van der Waals surface area contributed by atoms with E-state index in [4.69, 9.17) is 4.74 Å². The van der Waals surface area contributed by atoms with E-state index in [1.807, 2.05) is 43.9 Å². The summed E-state index contributed by atoms with van der Waals surface area (Å²) in [6.45, 7) is 7.48. The molecule has 8 nitrogen and oxygen atoms in total. The van der Waals surface area contributed by atoms with E-state index in [0.717, 1.165) is 49.0 Å². The number of rotatable bonds is 4. The van der Waals surface area contributed by atoms with E-state index in [1.54, 1.807) is 4.90 Å². The Kier molecular flexibility index (Phi) is 6.99. The largest absolute Gasteiger partial charge is 0.444 e. The van der Waals surface area contributed by atoms with Gasteiger partial charge in [-0.05, 0) is 86.8 Å². The van der Waals surface area contributed by atoms with E-state index >= 15 is 0 Å². The lowest BCUT2D eigenvalue weighted by Gasteiger charge is -2.33. The molecule has 2 fully saturated rings. The fourth-order valence-corrected chi connectivity index (χ4v) is 5.57. The van der Waals surface area contributed by atoms with Gasteiger partial charge < -0.3 is 14.5 Å². The molecule has 0 aliphatic carbocycles. The third-order valence-corrected chi connectivity index (χ3v) is 7.60. The number of carbonyl (C=O) groups is 4. The Morgan fingerprint density at radius 2 is 1.66 bits per heavy atom. The van der Waals surface area contributed by atoms with Gasteiger partial charge in [0.05, 0.1) is 0 Å². The van der Waals surface area contributed by atoms with Crippen molar-refractivity contribution in [2.24, 2.45) is 5.92 Å². The van der Waals surface area contributed by atoms with Crippen LogP contribution in [-0.2, 0) is 27.3 Å². The quantitative estimate of drug-likeness (QED) is 0.610. The van der Waals surface area contributed by atoms with Gasteiger partial charge in [0.2, 0.25) is 11.8 Å². The summed E-state index contributed by atoms with van der Waals surface area (Å²) in [5.41, 5.74) is 4.41. The smallest absolute Gasteiger partial charge is 0.410 e. The molecule has 3 aliphatic rings. The lowest BCUT2D eigenvalue weighted by Crippen LogP contribution is -2.52. The van der Waals surface area contributed by atoms with Crippen LogP contribution in [0.3, 0.4) is 0 Å². The molecule has 1 unspecified atom stereocenters. The highest BCUT2D eigenvalue weighted by Gasteiger charge is 2.39. The normalized spacial score (nSPS) is 20.4. The molecule has 0 bridgehead atoms. The predicted octanol–water partition coefficient (Wildman–Crippen LogP) is 4.30. The summed E-state index contributed by atoms with van der Waals surface area (Å²) in [6, 6.07) is 13.8. The van der Waals surface area contributed by atoms with E-state index in [-0.39, 0.29) is 24.3 Å². The lowest BCUT2D eigenvalue weighted by molar-refractivity contribution is -0.136. The predicted molar refractivity (Wildman–Crippen MR) is 142 cm³/mol. The molecule has 8 heteroatoms. The molecule has 5 rings (SSSR count). The number of imide groups is 1. The Morgan fingerprint density at radius 1 is 0.974 bits per heavy atom. The molecule has 3 aliphatic heterocycles. The average molecular weight is 518 g/mol. The fourth-order valence-electron chi connectivity index (χ4n) is 5.57. The zero-order valence-electron chi connectivity index (χ0n) is 22.3. The Bertz CT molecular complexity index is 1260. The number of piperidine rings is 2. The van der Waals surface area contributed by atoms with Gasteiger partial charge in [0.25, 0.3) is 5.91 Å². The molecular formula is C30H35N3O5. The SMILES string of the molecule is CC(C)(C)OC(=O)N1CCC(Cc2ccc(-c3ccc4c(c3)CN(C3CCC(=O)NC3=O)C4=O)cc2)CC1. The van der Waals surface area contributed by atoms with Crippen molar-refractivity contribution in [3.05, 3.63) is 59.2 Å². The lowest BCUT2D eigenvalue weighted by atomic mass is 9.89. The maximum Gasteiger partial charge on any atom is 0.410 e. The molecule has 1 N–H and O–H groups in total. The molecule has 2 aromatic carbocycles. The van der Waals surface area contributed by atoms with Gasteiger partial charge in [-0.15, -0.1) is 0 Å². The first kappa shape index (κ1) is 25.9. The van der Waals surface area contributed by atoms with Crippen molar-refractivity contribution in [1.29, 1.82) is 0 Å². The monoisotopic (exact) mass is 517 g/mol. The summed E-state index contributed by atoms with van der Waals surface area (Å²) in [6.07, 6.45) is 3.28. The van der Waals surface area contributed by atoms with E-state index in [1.165, 1.54) is 5.56 Å². The molecule has 38 heavy (non-hydrogen) atoms. The second-order valence-electron chi connectivity index (χ2n) is 11.6. The summed E-state index contributed by atoms with van der Waals surface area (Å²) in [5, 5.41) is 2.35. The average Bonchev–Trinajstić information content (AvgIpc) is 3.19. The van der Waals surface area contributed by atoms with Crippen LogP contribution in [-0.4, -0.2) is 58.3 Å². The number of hydrogen-bond donors (Lipinski definition) is 1. The Labute approximate surface area is 223 Å². The third kappa shape index (κ3) is 5.59. The van der Waals surface area contributed by atoms with Gasteiger partial charge in [0.1, 0.15) is 11.6 Å². The second kappa shape index (κ2) is 10.2. The Hall–Kier alpha value is -3.68. The van der Waals surface area contributed by atoms with Crippen LogP contribution in [0.25, 0.3) is 11.1 Å². The van der Waals surface area contributed by atoms with E-state index < -0.39 is 17.6 Å². The second-order valence-corrected chi connectivity index (χ2v) is 11.6.